The van der Waals surface area contributed by atoms with Crippen molar-refractivity contribution < 1.29 is 14.6 Å². The van der Waals surface area contributed by atoms with Crippen molar-refractivity contribution in [1.82, 2.24) is 4.98 Å². The number of rotatable bonds is 5. The summed E-state index contributed by atoms with van der Waals surface area (Å²) in [4.78, 5) is 16.8. The van der Waals surface area contributed by atoms with Crippen molar-refractivity contribution in [3.63, 3.8) is 0 Å². The van der Waals surface area contributed by atoms with Gasteiger partial charge in [0.1, 0.15) is 5.56 Å². The van der Waals surface area contributed by atoms with E-state index in [0.29, 0.717) is 22.3 Å². The van der Waals surface area contributed by atoms with Crippen LogP contribution in [0.2, 0.25) is 0 Å². The van der Waals surface area contributed by atoms with Crippen molar-refractivity contribution in [3.8, 4) is 0 Å². The fourth-order valence-corrected chi connectivity index (χ4v) is 2.76. The molecule has 1 heterocycles. The summed E-state index contributed by atoms with van der Waals surface area (Å²) in [5.41, 5.74) is 4.33. The van der Waals surface area contributed by atoms with E-state index in [1.165, 1.54) is 6.20 Å². The predicted octanol–water partition coefficient (Wildman–Crippen LogP) is 3.96. The number of pyridine rings is 1. The number of aryl methyl sites for hydroxylation is 1. The van der Waals surface area contributed by atoms with E-state index in [-0.39, 0.29) is 13.2 Å². The molecule has 3 rings (SSSR count). The number of carbonyl (C=O) groups excluding carboxylic acids is 1. The van der Waals surface area contributed by atoms with Gasteiger partial charge in [0.2, 0.25) is 0 Å². The Morgan fingerprint density at radius 2 is 2.00 bits per heavy atom. The molecule has 0 amide bonds. The number of esters is 1. The van der Waals surface area contributed by atoms with Gasteiger partial charge in [0.25, 0.3) is 0 Å². The summed E-state index contributed by atoms with van der Waals surface area (Å²) in [5.74, 6) is -0.428. The number of nitrogens with zero attached hydrogens (tertiary/aromatic N) is 1. The van der Waals surface area contributed by atoms with Crippen LogP contribution in [-0.2, 0) is 11.3 Å². The topological polar surface area (TPSA) is 71.5 Å². The third-order valence-corrected chi connectivity index (χ3v) is 4.05. The average Bonchev–Trinajstić information content (AvgIpc) is 2.63. The predicted molar refractivity (Wildman–Crippen MR) is 98.1 cm³/mol. The molecule has 0 atom stereocenters. The van der Waals surface area contributed by atoms with E-state index in [1.807, 2.05) is 49.4 Å². The highest BCUT2D eigenvalue weighted by Gasteiger charge is 2.18. The van der Waals surface area contributed by atoms with Crippen LogP contribution in [0.25, 0.3) is 10.9 Å². The number of fused-ring (bicyclic) bond motifs is 1. The minimum absolute atomic E-state index is 0.118. The minimum atomic E-state index is -0.428. The van der Waals surface area contributed by atoms with Gasteiger partial charge in [-0.1, -0.05) is 36.4 Å². The number of ether oxygens (including phenoxy) is 1. The van der Waals surface area contributed by atoms with Crippen molar-refractivity contribution in [3.05, 3.63) is 65.4 Å². The Balaban J connectivity index is 2.22. The molecule has 2 N–H and O–H groups in total. The van der Waals surface area contributed by atoms with Gasteiger partial charge in [-0.05, 0) is 25.5 Å². The van der Waals surface area contributed by atoms with Crippen molar-refractivity contribution in [2.24, 2.45) is 0 Å². The zero-order valence-electron chi connectivity index (χ0n) is 14.2. The minimum Gasteiger partial charge on any atom is -0.462 e. The first-order valence-corrected chi connectivity index (χ1v) is 8.17. The van der Waals surface area contributed by atoms with E-state index in [9.17, 15) is 9.90 Å². The highest BCUT2D eigenvalue weighted by atomic mass is 16.5. The third-order valence-electron chi connectivity index (χ3n) is 4.05. The van der Waals surface area contributed by atoms with Crippen LogP contribution in [0.1, 0.15) is 28.4 Å². The molecule has 0 radical (unpaired) electrons. The maximum absolute atomic E-state index is 12.4. The molecule has 0 aliphatic carbocycles. The maximum atomic E-state index is 12.4. The zero-order chi connectivity index (χ0) is 17.8. The van der Waals surface area contributed by atoms with Crippen LogP contribution in [0.4, 0.5) is 11.4 Å². The molecule has 0 aliphatic heterocycles. The number of aliphatic hydroxyl groups is 1. The van der Waals surface area contributed by atoms with Crippen LogP contribution >= 0.6 is 0 Å². The van der Waals surface area contributed by atoms with Crippen LogP contribution < -0.4 is 5.32 Å². The van der Waals surface area contributed by atoms with Gasteiger partial charge in [0, 0.05) is 22.8 Å². The summed E-state index contributed by atoms with van der Waals surface area (Å²) in [6, 6.07) is 13.4. The number of nitrogens with one attached hydrogen (secondary N) is 1. The molecular weight excluding hydrogens is 316 g/mol. The van der Waals surface area contributed by atoms with Gasteiger partial charge in [-0.25, -0.2) is 4.79 Å². The summed E-state index contributed by atoms with van der Waals surface area (Å²) >= 11 is 0. The second-order valence-corrected chi connectivity index (χ2v) is 5.68. The quantitative estimate of drug-likeness (QED) is 0.690. The fraction of sp³-hybridized carbons (Fsp3) is 0.200. The summed E-state index contributed by atoms with van der Waals surface area (Å²) < 4.78 is 5.17. The highest BCUT2D eigenvalue weighted by molar-refractivity contribution is 6.06. The monoisotopic (exact) mass is 336 g/mol. The van der Waals surface area contributed by atoms with E-state index < -0.39 is 5.97 Å². The molecule has 0 saturated carbocycles. The number of aliphatic hydroxyl groups excluding tert-OH is 1. The van der Waals surface area contributed by atoms with Crippen LogP contribution in [0.5, 0.6) is 0 Å². The number of para-hydroxylation sites is 2. The molecule has 5 nitrogen and oxygen atoms in total. The first-order valence-electron chi connectivity index (χ1n) is 8.17. The van der Waals surface area contributed by atoms with Crippen LogP contribution in [0.15, 0.2) is 48.7 Å². The third kappa shape index (κ3) is 3.32. The smallest absolute Gasteiger partial charge is 0.341 e. The van der Waals surface area contributed by atoms with E-state index in [1.54, 1.807) is 6.92 Å². The second-order valence-electron chi connectivity index (χ2n) is 5.68. The second kappa shape index (κ2) is 7.32. The number of aromatic nitrogens is 1. The Morgan fingerprint density at radius 1 is 1.20 bits per heavy atom. The molecule has 0 unspecified atom stereocenters. The molecule has 0 aliphatic rings. The fourth-order valence-electron chi connectivity index (χ4n) is 2.76. The van der Waals surface area contributed by atoms with Crippen molar-refractivity contribution in [2.75, 3.05) is 11.9 Å². The first kappa shape index (κ1) is 16.9. The van der Waals surface area contributed by atoms with Crippen molar-refractivity contribution in [2.45, 2.75) is 20.5 Å². The van der Waals surface area contributed by atoms with Crippen LogP contribution in [0, 0.1) is 6.92 Å². The van der Waals surface area contributed by atoms with E-state index >= 15 is 0 Å². The van der Waals surface area contributed by atoms with E-state index in [2.05, 4.69) is 10.3 Å². The number of anilines is 2. The Labute approximate surface area is 146 Å². The largest absolute Gasteiger partial charge is 0.462 e. The summed E-state index contributed by atoms with van der Waals surface area (Å²) in [7, 11) is 0. The lowest BCUT2D eigenvalue weighted by molar-refractivity contribution is 0.0527. The normalized spacial score (nSPS) is 10.7. The first-order chi connectivity index (χ1) is 12.2. The SMILES string of the molecule is CCOC(=O)c1cnc2c(CO)cccc2c1Nc1ccccc1C. The van der Waals surface area contributed by atoms with Gasteiger partial charge in [-0.3, -0.25) is 4.98 Å². The van der Waals surface area contributed by atoms with Gasteiger partial charge in [0.15, 0.2) is 0 Å². The highest BCUT2D eigenvalue weighted by Crippen LogP contribution is 2.32. The average molecular weight is 336 g/mol. The molecular formula is C20H20N2O3. The van der Waals surface area contributed by atoms with Gasteiger partial charge < -0.3 is 15.2 Å². The van der Waals surface area contributed by atoms with Gasteiger partial charge in [-0.2, -0.15) is 0 Å². The van der Waals surface area contributed by atoms with Crippen LogP contribution in [-0.4, -0.2) is 22.7 Å². The zero-order valence-corrected chi connectivity index (χ0v) is 14.2. The molecule has 5 heteroatoms. The van der Waals surface area contributed by atoms with E-state index in [0.717, 1.165) is 16.6 Å². The summed E-state index contributed by atoms with van der Waals surface area (Å²) in [6.07, 6.45) is 1.50. The number of hydrogen-bond donors (Lipinski definition) is 2. The molecule has 128 valence electrons. The Bertz CT molecular complexity index is 922. The summed E-state index contributed by atoms with van der Waals surface area (Å²) in [5, 5.41) is 13.7. The molecule has 0 saturated heterocycles. The van der Waals surface area contributed by atoms with Crippen molar-refractivity contribution in [1.29, 1.82) is 0 Å². The molecule has 0 spiro atoms. The molecule has 2 aromatic carbocycles. The van der Waals surface area contributed by atoms with E-state index in [4.69, 9.17) is 4.74 Å². The standard InChI is InChI=1S/C20H20N2O3/c1-3-25-20(24)16-11-21-18-14(12-23)8-6-9-15(18)19(16)22-17-10-5-4-7-13(17)2/h4-11,23H,3,12H2,1-2H3,(H,21,22). The maximum Gasteiger partial charge on any atom is 0.341 e. The van der Waals surface area contributed by atoms with Gasteiger partial charge >= 0.3 is 5.97 Å². The summed E-state index contributed by atoms with van der Waals surface area (Å²) in [6.45, 7) is 3.93. The molecule has 0 fully saturated rings. The van der Waals surface area contributed by atoms with Gasteiger partial charge in [0.05, 0.1) is 24.4 Å². The lowest BCUT2D eigenvalue weighted by Crippen LogP contribution is -2.10. The molecule has 0 bridgehead atoms. The number of benzene rings is 2. The van der Waals surface area contributed by atoms with Gasteiger partial charge in [-0.15, -0.1) is 0 Å². The molecule has 25 heavy (non-hydrogen) atoms. The Kier molecular flexibility index (Phi) is 4.95. The molecule has 1 aromatic heterocycles. The van der Waals surface area contributed by atoms with Crippen LogP contribution in [0.3, 0.4) is 0 Å². The molecule has 3 aromatic rings. The Morgan fingerprint density at radius 3 is 2.72 bits per heavy atom. The number of carbonyl (C=O) groups is 1. The Hall–Kier alpha value is -2.92. The lowest BCUT2D eigenvalue weighted by Gasteiger charge is -2.16. The number of hydrogen-bond acceptors (Lipinski definition) is 5. The lowest BCUT2D eigenvalue weighted by atomic mass is 10.0. The van der Waals surface area contributed by atoms with Crippen molar-refractivity contribution >= 4 is 28.2 Å².